The Morgan fingerprint density at radius 2 is 1.91 bits per heavy atom. The average Bonchev–Trinajstić information content (AvgIpc) is 2.83. The molecule has 188 valence electrons. The van der Waals surface area contributed by atoms with Gasteiger partial charge in [-0.1, -0.05) is 18.2 Å². The molecule has 0 aliphatic carbocycles. The molecular weight excluding hydrogens is 446 g/mol. The topological polar surface area (TPSA) is 74.3 Å². The summed E-state index contributed by atoms with van der Waals surface area (Å²) < 4.78 is 23.0. The highest BCUT2D eigenvalue weighted by Crippen LogP contribution is 2.39. The number of amides is 1. The minimum Gasteiger partial charge on any atom is -0.494 e. The van der Waals surface area contributed by atoms with Gasteiger partial charge >= 0.3 is 12.1 Å². The summed E-state index contributed by atoms with van der Waals surface area (Å²) in [5.74, 6) is 0.327. The smallest absolute Gasteiger partial charge is 0.410 e. The zero-order chi connectivity index (χ0) is 25.0. The monoisotopic (exact) mass is 481 g/mol. The second-order valence-corrected chi connectivity index (χ2v) is 10.0. The third kappa shape index (κ3) is 5.96. The van der Waals surface area contributed by atoms with Crippen molar-refractivity contribution < 1.29 is 28.5 Å². The Morgan fingerprint density at radius 1 is 1.09 bits per heavy atom. The number of likely N-dealkylation sites (tertiary alicyclic amines) is 1. The lowest BCUT2D eigenvalue weighted by molar-refractivity contribution is -0.0251. The van der Waals surface area contributed by atoms with Crippen molar-refractivity contribution >= 4 is 22.8 Å². The van der Waals surface area contributed by atoms with Gasteiger partial charge in [0.05, 0.1) is 38.0 Å². The first-order chi connectivity index (χ1) is 16.8. The molecule has 7 nitrogen and oxygen atoms in total. The van der Waals surface area contributed by atoms with Crippen molar-refractivity contribution in [1.82, 2.24) is 4.90 Å². The fourth-order valence-electron chi connectivity index (χ4n) is 4.71. The van der Waals surface area contributed by atoms with Crippen LogP contribution >= 0.6 is 0 Å². The van der Waals surface area contributed by atoms with Crippen LogP contribution in [-0.4, -0.2) is 55.5 Å². The molecule has 2 aromatic rings. The predicted octanol–water partition coefficient (Wildman–Crippen LogP) is 5.81. The van der Waals surface area contributed by atoms with Crippen LogP contribution in [0.4, 0.5) is 4.79 Å². The Kier molecular flexibility index (Phi) is 7.65. The second kappa shape index (κ2) is 10.7. The Morgan fingerprint density at radius 3 is 2.69 bits per heavy atom. The van der Waals surface area contributed by atoms with E-state index < -0.39 is 11.6 Å². The summed E-state index contributed by atoms with van der Waals surface area (Å²) in [6, 6.07) is 9.16. The first-order valence-electron chi connectivity index (χ1n) is 12.3. The van der Waals surface area contributed by atoms with Gasteiger partial charge in [-0.05, 0) is 87.1 Å². The largest absolute Gasteiger partial charge is 0.494 e. The van der Waals surface area contributed by atoms with Gasteiger partial charge in [0.25, 0.3) is 0 Å². The maximum Gasteiger partial charge on any atom is 0.410 e. The van der Waals surface area contributed by atoms with Crippen molar-refractivity contribution in [1.29, 1.82) is 0 Å². The van der Waals surface area contributed by atoms with Crippen molar-refractivity contribution in [2.45, 2.75) is 64.2 Å². The summed E-state index contributed by atoms with van der Waals surface area (Å²) in [6.45, 7) is 7.24. The summed E-state index contributed by atoms with van der Waals surface area (Å²) in [4.78, 5) is 27.6. The number of hydrogen-bond acceptors (Lipinski definition) is 6. The molecule has 0 unspecified atom stereocenters. The highest BCUT2D eigenvalue weighted by atomic mass is 16.6. The minimum absolute atomic E-state index is 0.00299. The molecule has 1 saturated heterocycles. The van der Waals surface area contributed by atoms with Crippen LogP contribution in [0.25, 0.3) is 10.8 Å². The maximum absolute atomic E-state index is 13.3. The van der Waals surface area contributed by atoms with E-state index in [1.165, 1.54) is 7.11 Å². The highest BCUT2D eigenvalue weighted by Gasteiger charge is 2.36. The van der Waals surface area contributed by atoms with Gasteiger partial charge < -0.3 is 23.8 Å². The van der Waals surface area contributed by atoms with E-state index in [0.717, 1.165) is 41.3 Å². The molecule has 2 aliphatic heterocycles. The average molecular weight is 482 g/mol. The molecule has 2 aromatic carbocycles. The van der Waals surface area contributed by atoms with Crippen molar-refractivity contribution in [3.8, 4) is 5.75 Å². The molecule has 1 amide bonds. The summed E-state index contributed by atoms with van der Waals surface area (Å²) in [6.07, 6.45) is 6.99. The number of benzene rings is 2. The maximum atomic E-state index is 13.3. The number of esters is 1. The van der Waals surface area contributed by atoms with Crippen LogP contribution in [0.1, 0.15) is 68.4 Å². The normalized spacial score (nSPS) is 22.0. The molecule has 0 radical (unpaired) electrons. The number of ether oxygens (including phenoxy) is 4. The lowest BCUT2D eigenvalue weighted by Gasteiger charge is -2.40. The van der Waals surface area contributed by atoms with Crippen LogP contribution in [0, 0.1) is 0 Å². The van der Waals surface area contributed by atoms with Gasteiger partial charge in [-0.25, -0.2) is 9.59 Å². The predicted molar refractivity (Wildman–Crippen MR) is 134 cm³/mol. The Bertz CT molecular complexity index is 1100. The molecule has 2 aliphatic rings. The number of allylic oxidation sites excluding steroid dienone is 1. The zero-order valence-electron chi connectivity index (χ0n) is 21.0. The van der Waals surface area contributed by atoms with Crippen LogP contribution in [-0.2, 0) is 14.2 Å². The number of hydrogen-bond donors (Lipinski definition) is 0. The molecule has 4 rings (SSSR count). The Balaban J connectivity index is 1.83. The standard InChI is InChI=1S/C28H35NO6/c1-28(2,3)35-27(31)29-14-13-20-18-25(29)22-11-12-23(26(30)32-4)21-10-9-19(17-24(21)22)33-15-7-5-6-8-16-34-20/h6,8-12,17,20,25H,5,7,13-16,18H2,1-4H3/b8-6+/t20-,25-/m1/s1. The molecular formula is C28H35NO6. The van der Waals surface area contributed by atoms with E-state index >= 15 is 0 Å². The van der Waals surface area contributed by atoms with Crippen LogP contribution in [0.2, 0.25) is 0 Å². The quantitative estimate of drug-likeness (QED) is 0.378. The molecule has 4 bridgehead atoms. The highest BCUT2D eigenvalue weighted by molar-refractivity contribution is 6.06. The SMILES string of the molecule is COC(=O)c1ccc2c3cc(ccc13)OCCC/C=C/CO[C@@H]1CCN(C(=O)OC(C)(C)C)[C@@H]2C1. The summed E-state index contributed by atoms with van der Waals surface area (Å²) >= 11 is 0. The molecule has 1 fully saturated rings. The van der Waals surface area contributed by atoms with E-state index in [0.29, 0.717) is 31.7 Å². The third-order valence-electron chi connectivity index (χ3n) is 6.35. The first kappa shape index (κ1) is 25.0. The van der Waals surface area contributed by atoms with Gasteiger partial charge in [-0.2, -0.15) is 0 Å². The van der Waals surface area contributed by atoms with Crippen LogP contribution in [0.15, 0.2) is 42.5 Å². The van der Waals surface area contributed by atoms with Gasteiger partial charge in [-0.15, -0.1) is 0 Å². The van der Waals surface area contributed by atoms with Crippen molar-refractivity contribution in [2.24, 2.45) is 0 Å². The zero-order valence-corrected chi connectivity index (χ0v) is 21.0. The number of fused-ring (bicyclic) bond motifs is 4. The molecule has 7 heteroatoms. The van der Waals surface area contributed by atoms with E-state index in [-0.39, 0.29) is 18.2 Å². The van der Waals surface area contributed by atoms with Gasteiger partial charge in [0.2, 0.25) is 0 Å². The van der Waals surface area contributed by atoms with E-state index in [2.05, 4.69) is 12.2 Å². The Labute approximate surface area is 207 Å². The van der Waals surface area contributed by atoms with E-state index in [1.807, 2.05) is 45.0 Å². The fraction of sp³-hybridized carbons (Fsp3) is 0.500. The van der Waals surface area contributed by atoms with Crippen LogP contribution in [0.3, 0.4) is 0 Å². The molecule has 2 atom stereocenters. The van der Waals surface area contributed by atoms with Gasteiger partial charge in [-0.3, -0.25) is 0 Å². The van der Waals surface area contributed by atoms with Crippen LogP contribution < -0.4 is 4.74 Å². The third-order valence-corrected chi connectivity index (χ3v) is 6.35. The molecule has 0 aromatic heterocycles. The second-order valence-electron chi connectivity index (χ2n) is 10.0. The summed E-state index contributed by atoms with van der Waals surface area (Å²) in [5.41, 5.74) is 0.808. The number of carbonyl (C=O) groups excluding carboxylic acids is 2. The van der Waals surface area contributed by atoms with Crippen molar-refractivity contribution in [3.05, 3.63) is 53.6 Å². The van der Waals surface area contributed by atoms with Crippen molar-refractivity contribution in [2.75, 3.05) is 26.9 Å². The van der Waals surface area contributed by atoms with Crippen LogP contribution in [0.5, 0.6) is 5.75 Å². The summed E-state index contributed by atoms with van der Waals surface area (Å²) in [7, 11) is 1.38. The fourth-order valence-corrected chi connectivity index (χ4v) is 4.71. The molecule has 2 heterocycles. The molecule has 0 spiro atoms. The number of carbonyl (C=O) groups is 2. The molecule has 0 saturated carbocycles. The number of nitrogens with zero attached hydrogens (tertiary/aromatic N) is 1. The number of rotatable bonds is 1. The van der Waals surface area contributed by atoms with E-state index in [4.69, 9.17) is 18.9 Å². The lowest BCUT2D eigenvalue weighted by Crippen LogP contribution is -2.45. The molecule has 35 heavy (non-hydrogen) atoms. The van der Waals surface area contributed by atoms with Crippen molar-refractivity contribution in [3.63, 3.8) is 0 Å². The Hall–Kier alpha value is -3.06. The van der Waals surface area contributed by atoms with Gasteiger partial charge in [0, 0.05) is 6.54 Å². The van der Waals surface area contributed by atoms with Gasteiger partial charge in [0.1, 0.15) is 11.4 Å². The molecule has 0 N–H and O–H groups in total. The number of methoxy groups -OCH3 is 1. The van der Waals surface area contributed by atoms with E-state index in [1.54, 1.807) is 11.0 Å². The van der Waals surface area contributed by atoms with E-state index in [9.17, 15) is 9.59 Å². The van der Waals surface area contributed by atoms with Gasteiger partial charge in [0.15, 0.2) is 0 Å². The number of piperidine rings is 1. The first-order valence-corrected chi connectivity index (χ1v) is 12.3. The minimum atomic E-state index is -0.604. The lowest BCUT2D eigenvalue weighted by atomic mass is 9.88. The summed E-state index contributed by atoms with van der Waals surface area (Å²) in [5, 5.41) is 1.62.